The average Bonchev–Trinajstić information content (AvgIpc) is 2.67. The van der Waals surface area contributed by atoms with Gasteiger partial charge in [0.1, 0.15) is 18.0 Å². The number of pyridine rings is 1. The third kappa shape index (κ3) is 4.56. The molecule has 1 aliphatic rings. The smallest absolute Gasteiger partial charge is 0.251 e. The van der Waals surface area contributed by atoms with E-state index in [1.807, 2.05) is 25.1 Å². The van der Waals surface area contributed by atoms with E-state index in [1.165, 1.54) is 0 Å². The van der Waals surface area contributed by atoms with Crippen molar-refractivity contribution >= 4 is 0 Å². The van der Waals surface area contributed by atoms with E-state index in [2.05, 4.69) is 0 Å². The fourth-order valence-corrected chi connectivity index (χ4v) is 3.12. The maximum Gasteiger partial charge on any atom is 0.251 e. The molecule has 1 fully saturated rings. The van der Waals surface area contributed by atoms with Crippen LogP contribution in [-0.2, 0) is 17.7 Å². The lowest BCUT2D eigenvalue weighted by Crippen LogP contribution is -2.51. The molecule has 1 aromatic carbocycles. The van der Waals surface area contributed by atoms with Gasteiger partial charge in [-0.1, -0.05) is 25.1 Å². The molecule has 1 aromatic heterocycles. The summed E-state index contributed by atoms with van der Waals surface area (Å²) < 4.78 is 13.0. The van der Waals surface area contributed by atoms with E-state index < -0.39 is 31.2 Å². The molecule has 0 amide bonds. The fraction of sp³-hybridized carbons (Fsp3) is 0.450. The van der Waals surface area contributed by atoms with Gasteiger partial charge in [-0.3, -0.25) is 4.79 Å². The van der Waals surface area contributed by atoms with Crippen molar-refractivity contribution in [2.75, 3.05) is 6.61 Å². The second-order valence-electron chi connectivity index (χ2n) is 6.66. The summed E-state index contributed by atoms with van der Waals surface area (Å²) in [6, 6.07) is 10.8. The Morgan fingerprint density at radius 2 is 2.04 bits per heavy atom. The lowest BCUT2D eigenvalue weighted by molar-refractivity contribution is -0.230. The van der Waals surface area contributed by atoms with Crippen LogP contribution < -0.4 is 10.3 Å². The predicted octanol–water partition coefficient (Wildman–Crippen LogP) is 0.667. The van der Waals surface area contributed by atoms with Gasteiger partial charge in [-0.15, -0.1) is 0 Å². The molecule has 2 heterocycles. The molecule has 27 heavy (non-hydrogen) atoms. The third-order valence-electron chi connectivity index (χ3n) is 4.76. The van der Waals surface area contributed by atoms with Crippen LogP contribution in [0.15, 0.2) is 47.4 Å². The summed E-state index contributed by atoms with van der Waals surface area (Å²) in [4.78, 5) is 12.3. The van der Waals surface area contributed by atoms with E-state index in [1.54, 1.807) is 29.0 Å². The van der Waals surface area contributed by atoms with Gasteiger partial charge in [0.05, 0.1) is 19.3 Å². The fourth-order valence-electron chi connectivity index (χ4n) is 3.12. The Labute approximate surface area is 157 Å². The van der Waals surface area contributed by atoms with Crippen LogP contribution in [0.5, 0.6) is 5.75 Å². The van der Waals surface area contributed by atoms with Gasteiger partial charge in [0.15, 0.2) is 0 Å². The molecule has 0 spiro atoms. The molecule has 0 saturated carbocycles. The molecular formula is C20H25NO6. The molecule has 3 N–H and O–H groups in total. The summed E-state index contributed by atoms with van der Waals surface area (Å²) in [6.07, 6.45) is -1.27. The van der Waals surface area contributed by atoms with Crippen molar-refractivity contribution in [1.82, 2.24) is 4.57 Å². The molecule has 2 aromatic rings. The number of aryl methyl sites for hydroxylation is 1. The molecule has 1 saturated heterocycles. The maximum atomic E-state index is 12.3. The third-order valence-corrected chi connectivity index (χ3v) is 4.76. The summed E-state index contributed by atoms with van der Waals surface area (Å²) in [5, 5.41) is 29.1. The molecule has 3 rings (SSSR count). The van der Waals surface area contributed by atoms with Crippen LogP contribution in [0, 0.1) is 0 Å². The Morgan fingerprint density at radius 1 is 1.26 bits per heavy atom. The van der Waals surface area contributed by atoms with E-state index in [0.717, 1.165) is 17.5 Å². The first-order chi connectivity index (χ1) is 13.0. The summed E-state index contributed by atoms with van der Waals surface area (Å²) in [5.41, 5.74) is 1.68. The zero-order valence-corrected chi connectivity index (χ0v) is 15.2. The highest BCUT2D eigenvalue weighted by molar-refractivity contribution is 5.34. The van der Waals surface area contributed by atoms with Gasteiger partial charge < -0.3 is 29.4 Å². The second kappa shape index (κ2) is 8.67. The van der Waals surface area contributed by atoms with Crippen LogP contribution in [0.1, 0.15) is 24.5 Å². The first kappa shape index (κ1) is 19.6. The van der Waals surface area contributed by atoms with E-state index in [9.17, 15) is 20.1 Å². The molecule has 0 aliphatic carbocycles. The molecule has 0 bridgehead atoms. The molecule has 4 atom stereocenters. The Balaban J connectivity index is 1.77. The highest BCUT2D eigenvalue weighted by Gasteiger charge is 2.37. The number of hydrogen-bond acceptors (Lipinski definition) is 6. The Bertz CT molecular complexity index is 820. The van der Waals surface area contributed by atoms with Crippen molar-refractivity contribution in [3.05, 3.63) is 64.1 Å². The Morgan fingerprint density at radius 3 is 2.74 bits per heavy atom. The second-order valence-corrected chi connectivity index (χ2v) is 6.66. The van der Waals surface area contributed by atoms with Crippen LogP contribution in [0.3, 0.4) is 0 Å². The molecule has 7 heteroatoms. The quantitative estimate of drug-likeness (QED) is 0.686. The van der Waals surface area contributed by atoms with Crippen molar-refractivity contribution in [2.24, 2.45) is 0 Å². The molecule has 0 unspecified atom stereocenters. The van der Waals surface area contributed by atoms with Crippen molar-refractivity contribution in [3.63, 3.8) is 0 Å². The number of hydrogen-bond donors (Lipinski definition) is 3. The first-order valence-corrected chi connectivity index (χ1v) is 9.08. The topological polar surface area (TPSA) is 101 Å². The van der Waals surface area contributed by atoms with Gasteiger partial charge in [-0.25, -0.2) is 0 Å². The molecule has 0 radical (unpaired) electrons. The van der Waals surface area contributed by atoms with Gasteiger partial charge in [-0.05, 0) is 24.1 Å². The number of aliphatic hydroxyl groups excluding tert-OH is 3. The number of rotatable bonds is 6. The maximum absolute atomic E-state index is 12.3. The minimum atomic E-state index is -1.15. The number of para-hydroxylation sites is 1. The zero-order valence-electron chi connectivity index (χ0n) is 15.2. The van der Waals surface area contributed by atoms with E-state index in [4.69, 9.17) is 9.47 Å². The summed E-state index contributed by atoms with van der Waals surface area (Å²) in [5.74, 6) is 0.522. The minimum absolute atomic E-state index is 0.0805. The largest absolute Gasteiger partial charge is 0.464 e. The van der Waals surface area contributed by atoms with Gasteiger partial charge in [0.2, 0.25) is 6.29 Å². The lowest BCUT2D eigenvalue weighted by Gasteiger charge is -2.36. The normalized spacial score (nSPS) is 25.3. The molecular weight excluding hydrogens is 350 g/mol. The van der Waals surface area contributed by atoms with E-state index in [-0.39, 0.29) is 12.0 Å². The van der Waals surface area contributed by atoms with Crippen LogP contribution in [-0.4, -0.2) is 51.1 Å². The summed E-state index contributed by atoms with van der Waals surface area (Å²) in [6.45, 7) is 1.91. The van der Waals surface area contributed by atoms with Gasteiger partial charge >= 0.3 is 0 Å². The van der Waals surface area contributed by atoms with E-state index >= 15 is 0 Å². The molecule has 146 valence electrons. The van der Waals surface area contributed by atoms with Crippen molar-refractivity contribution in [1.29, 1.82) is 0 Å². The van der Waals surface area contributed by atoms with Gasteiger partial charge in [0.25, 0.3) is 5.56 Å². The van der Waals surface area contributed by atoms with Crippen molar-refractivity contribution in [3.8, 4) is 5.75 Å². The minimum Gasteiger partial charge on any atom is -0.464 e. The van der Waals surface area contributed by atoms with Gasteiger partial charge in [0, 0.05) is 24.2 Å². The number of aromatic nitrogens is 1. The number of ether oxygens (including phenoxy) is 2. The predicted molar refractivity (Wildman–Crippen MR) is 98.6 cm³/mol. The van der Waals surface area contributed by atoms with Crippen molar-refractivity contribution < 1.29 is 24.8 Å². The summed E-state index contributed by atoms with van der Waals surface area (Å²) >= 11 is 0. The van der Waals surface area contributed by atoms with Crippen molar-refractivity contribution in [2.45, 2.75) is 50.9 Å². The average molecular weight is 375 g/mol. The van der Waals surface area contributed by atoms with Crippen LogP contribution in [0.2, 0.25) is 0 Å². The lowest BCUT2D eigenvalue weighted by atomic mass is 10.0. The molecule has 7 nitrogen and oxygen atoms in total. The first-order valence-electron chi connectivity index (χ1n) is 9.08. The highest BCUT2D eigenvalue weighted by Crippen LogP contribution is 2.26. The Hall–Kier alpha value is -2.19. The number of nitrogens with zero attached hydrogens (tertiary/aromatic N) is 1. The monoisotopic (exact) mass is 375 g/mol. The highest BCUT2D eigenvalue weighted by atomic mass is 16.7. The SMILES string of the molecule is CCc1ccn(Cc2ccccc2O[C@H]2C[C@@H](O)[C@H](O)[C@@H](CO)O2)c(=O)c1. The van der Waals surface area contributed by atoms with Crippen LogP contribution in [0.25, 0.3) is 0 Å². The number of benzene rings is 1. The Kier molecular flexibility index (Phi) is 6.28. The van der Waals surface area contributed by atoms with Gasteiger partial charge in [-0.2, -0.15) is 0 Å². The molecule has 1 aliphatic heterocycles. The number of aliphatic hydroxyl groups is 3. The van der Waals surface area contributed by atoms with E-state index in [0.29, 0.717) is 12.3 Å². The zero-order chi connectivity index (χ0) is 19.4. The standard InChI is InChI=1S/C20H25NO6/c1-2-13-7-8-21(18(24)9-13)11-14-5-3-4-6-16(14)26-19-10-15(23)20(25)17(12-22)27-19/h3-9,15,17,19-20,22-23,25H,2,10-12H2,1H3/t15-,17-,19-,20+/m1/s1. The van der Waals surface area contributed by atoms with Crippen LogP contribution in [0.4, 0.5) is 0 Å². The van der Waals surface area contributed by atoms with Crippen LogP contribution >= 0.6 is 0 Å². The summed E-state index contributed by atoms with van der Waals surface area (Å²) in [7, 11) is 0.